The first-order chi connectivity index (χ1) is 8.08. The third-order valence-corrected chi connectivity index (χ3v) is 2.75. The Balaban J connectivity index is 2.26. The van der Waals surface area contributed by atoms with Crippen molar-refractivity contribution in [1.29, 1.82) is 0 Å². The van der Waals surface area contributed by atoms with E-state index in [0.29, 0.717) is 6.54 Å². The van der Waals surface area contributed by atoms with Gasteiger partial charge in [-0.25, -0.2) is 9.59 Å². The molecule has 1 aromatic rings. The van der Waals surface area contributed by atoms with Gasteiger partial charge in [0, 0.05) is 0 Å². The number of aromatic nitrogens is 1. The summed E-state index contributed by atoms with van der Waals surface area (Å²) in [5, 5.41) is 17.3. The van der Waals surface area contributed by atoms with Gasteiger partial charge in [-0.3, -0.25) is 5.32 Å². The maximum Gasteiger partial charge on any atom is 0.463 e. The second kappa shape index (κ2) is 4.22. The topological polar surface area (TPSA) is 126 Å². The lowest BCUT2D eigenvalue weighted by atomic mass is 10.3. The molecule has 9 nitrogen and oxygen atoms in total. The van der Waals surface area contributed by atoms with Crippen LogP contribution < -0.4 is 16.2 Å². The van der Waals surface area contributed by atoms with Crippen molar-refractivity contribution in [2.24, 2.45) is 5.73 Å². The van der Waals surface area contributed by atoms with Crippen LogP contribution in [0.5, 0.6) is 0 Å². The molecule has 9 heteroatoms. The van der Waals surface area contributed by atoms with Crippen LogP contribution in [0, 0.1) is 5.21 Å². The van der Waals surface area contributed by atoms with E-state index in [2.05, 4.69) is 15.0 Å². The molecule has 0 spiro atoms. The van der Waals surface area contributed by atoms with Crippen LogP contribution in [-0.2, 0) is 0 Å². The number of primary amides is 1. The first kappa shape index (κ1) is 11.7. The summed E-state index contributed by atoms with van der Waals surface area (Å²) in [6, 6.07) is -0.843. The molecule has 0 aromatic carbocycles. The number of hydrogen-bond donors (Lipinski definition) is 3. The number of carbonyl (C=O) groups is 2. The van der Waals surface area contributed by atoms with Crippen molar-refractivity contribution in [1.82, 2.24) is 10.5 Å². The second-order valence-corrected chi connectivity index (χ2v) is 3.74. The molecule has 1 fully saturated rings. The van der Waals surface area contributed by atoms with E-state index in [4.69, 9.17) is 5.73 Å². The number of rotatable bonds is 1. The average molecular weight is 242 g/mol. The first-order valence-electron chi connectivity index (χ1n) is 4.94. The molecule has 0 saturated carbocycles. The number of quaternary nitrogens is 2. The molecule has 2 heterocycles. The Labute approximate surface area is 95.9 Å². The maximum absolute atomic E-state index is 12.0. The van der Waals surface area contributed by atoms with E-state index in [0.717, 1.165) is 12.5 Å². The zero-order valence-corrected chi connectivity index (χ0v) is 8.88. The fourth-order valence-corrected chi connectivity index (χ4v) is 1.72. The molecule has 0 bridgehead atoms. The first-order valence-corrected chi connectivity index (χ1v) is 4.94. The van der Waals surface area contributed by atoms with E-state index >= 15 is 0 Å². The molecule has 1 aromatic heterocycles. The predicted molar refractivity (Wildman–Crippen MR) is 52.7 cm³/mol. The number of carbonyl (C=O) groups excluding carboxylic acids is 2. The van der Waals surface area contributed by atoms with Crippen LogP contribution >= 0.6 is 0 Å². The van der Waals surface area contributed by atoms with Gasteiger partial charge in [-0.05, 0) is 0 Å². The van der Waals surface area contributed by atoms with Gasteiger partial charge >= 0.3 is 11.9 Å². The van der Waals surface area contributed by atoms with E-state index in [-0.39, 0.29) is 18.8 Å². The van der Waals surface area contributed by atoms with Crippen LogP contribution in [0.3, 0.4) is 0 Å². The lowest BCUT2D eigenvalue weighted by molar-refractivity contribution is -1.40. The number of hydroxylamine groups is 1. The van der Waals surface area contributed by atoms with Crippen LogP contribution in [0.2, 0.25) is 0 Å². The molecule has 2 atom stereocenters. The van der Waals surface area contributed by atoms with Crippen LogP contribution in [-0.4, -0.2) is 41.4 Å². The molecule has 1 aliphatic rings. The minimum absolute atomic E-state index is 0.0145. The Morgan fingerprint density at radius 3 is 2.88 bits per heavy atom. The molecule has 2 rings (SSSR count). The third kappa shape index (κ3) is 1.80. The fraction of sp³-hybridized carbons (Fsp3) is 0.375. The van der Waals surface area contributed by atoms with Crippen molar-refractivity contribution >= 4 is 11.9 Å². The quantitative estimate of drug-likeness (QED) is 0.371. The molecular formula is C8H12N5O4+. The summed E-state index contributed by atoms with van der Waals surface area (Å²) in [6.07, 6.45) is 2.18. The number of nitrogens with two attached hydrogens (primary N) is 1. The predicted octanol–water partition coefficient (Wildman–Crippen LogP) is -2.43. The minimum atomic E-state index is -0.870. The molecule has 1 saturated heterocycles. The molecule has 2 unspecified atom stereocenters. The van der Waals surface area contributed by atoms with Gasteiger partial charge in [0.15, 0.2) is 6.67 Å². The Hall–Kier alpha value is -1.81. The smallest absolute Gasteiger partial charge is 0.463 e. The summed E-state index contributed by atoms with van der Waals surface area (Å²) in [6.45, 7) is 0.655. The highest BCUT2D eigenvalue weighted by Crippen LogP contribution is 2.02. The number of nitrogens with zero attached hydrogens (tertiary/aromatic N) is 2. The zero-order chi connectivity index (χ0) is 12.5. The maximum atomic E-state index is 12.0. The molecular weight excluding hydrogens is 230 g/mol. The normalized spacial score (nSPS) is 25.7. The van der Waals surface area contributed by atoms with Crippen molar-refractivity contribution in [3.63, 3.8) is 0 Å². The number of urea groups is 1. The molecule has 92 valence electrons. The van der Waals surface area contributed by atoms with Gasteiger partial charge in [0.05, 0.1) is 12.7 Å². The molecule has 1 aliphatic heterocycles. The Morgan fingerprint density at radius 2 is 2.41 bits per heavy atom. The summed E-state index contributed by atoms with van der Waals surface area (Å²) < 4.78 is 3.78. The van der Waals surface area contributed by atoms with E-state index in [1.54, 1.807) is 0 Å². The fourth-order valence-electron chi connectivity index (χ4n) is 1.72. The number of amides is 3. The van der Waals surface area contributed by atoms with Gasteiger partial charge in [0.1, 0.15) is 18.4 Å². The standard InChI is InChI=1S/C8H11N5O4/c9-8(15)13(2-1-10-5-13)12(16)7(14)6-3-11-17-4-6/h3-4,10,12H,1-2,5H2,(H-,9,15)/p+1. The van der Waals surface area contributed by atoms with E-state index in [1.807, 2.05) is 0 Å². The molecule has 17 heavy (non-hydrogen) atoms. The van der Waals surface area contributed by atoms with Crippen molar-refractivity contribution in [2.45, 2.75) is 0 Å². The average Bonchev–Trinajstić information content (AvgIpc) is 2.98. The summed E-state index contributed by atoms with van der Waals surface area (Å²) in [5.74, 6) is -0.825. The summed E-state index contributed by atoms with van der Waals surface area (Å²) in [7, 11) is 0. The highest BCUT2D eigenvalue weighted by Gasteiger charge is 2.48. The van der Waals surface area contributed by atoms with E-state index in [9.17, 15) is 14.8 Å². The van der Waals surface area contributed by atoms with Crippen LogP contribution in [0.25, 0.3) is 0 Å². The minimum Gasteiger partial charge on any atom is -0.575 e. The SMILES string of the molecule is NC(=O)[N+]1([NH+]([O-])C(=O)c2cnoc2)CCNC1. The highest BCUT2D eigenvalue weighted by atomic mass is 16.6. The summed E-state index contributed by atoms with van der Waals surface area (Å²) in [4.78, 5) is 23.2. The van der Waals surface area contributed by atoms with Gasteiger partial charge in [-0.15, -0.1) is 5.17 Å². The van der Waals surface area contributed by atoms with Crippen LogP contribution in [0.4, 0.5) is 4.79 Å². The van der Waals surface area contributed by atoms with Crippen molar-refractivity contribution < 1.29 is 23.9 Å². The molecule has 0 aliphatic carbocycles. The Kier molecular flexibility index (Phi) is 2.90. The largest absolute Gasteiger partial charge is 0.575 e. The monoisotopic (exact) mass is 242 g/mol. The van der Waals surface area contributed by atoms with Gasteiger partial charge in [-0.2, -0.15) is 0 Å². The van der Waals surface area contributed by atoms with Gasteiger partial charge in [0.2, 0.25) is 0 Å². The molecule has 0 radical (unpaired) electrons. The van der Waals surface area contributed by atoms with Crippen LogP contribution in [0.15, 0.2) is 17.0 Å². The number of hydrogen-bond acceptors (Lipinski definition) is 6. The van der Waals surface area contributed by atoms with Crippen molar-refractivity contribution in [2.75, 3.05) is 19.8 Å². The van der Waals surface area contributed by atoms with Gasteiger partial charge in [0.25, 0.3) is 0 Å². The van der Waals surface area contributed by atoms with Crippen molar-refractivity contribution in [3.8, 4) is 0 Å². The lowest BCUT2D eigenvalue weighted by Crippen LogP contribution is -3.23. The summed E-state index contributed by atoms with van der Waals surface area (Å²) >= 11 is 0. The van der Waals surface area contributed by atoms with Crippen LogP contribution in [0.1, 0.15) is 10.4 Å². The van der Waals surface area contributed by atoms with E-state index < -0.39 is 21.7 Å². The van der Waals surface area contributed by atoms with Gasteiger partial charge in [-0.1, -0.05) is 9.75 Å². The highest BCUT2D eigenvalue weighted by molar-refractivity contribution is 5.86. The van der Waals surface area contributed by atoms with Gasteiger partial charge < -0.3 is 15.5 Å². The van der Waals surface area contributed by atoms with E-state index in [1.165, 1.54) is 0 Å². The van der Waals surface area contributed by atoms with Crippen molar-refractivity contribution in [3.05, 3.63) is 23.2 Å². The Morgan fingerprint density at radius 1 is 1.65 bits per heavy atom. The summed E-state index contributed by atoms with van der Waals surface area (Å²) in [5.41, 5.74) is 5.22. The zero-order valence-electron chi connectivity index (χ0n) is 8.88. The lowest BCUT2D eigenvalue weighted by Gasteiger charge is -2.34. The molecule has 4 N–H and O–H groups in total. The Bertz CT molecular complexity index is 425. The third-order valence-electron chi connectivity index (χ3n) is 2.75. The second-order valence-electron chi connectivity index (χ2n) is 3.74. The molecule has 3 amide bonds. The number of nitrogens with one attached hydrogen (secondary N) is 2.